The Labute approximate surface area is 146 Å². The maximum atomic E-state index is 12.6. The summed E-state index contributed by atoms with van der Waals surface area (Å²) in [5, 5.41) is 0.674. The highest BCUT2D eigenvalue weighted by atomic mass is 16.5. The SMILES string of the molecule is CCOC(=O)c1cc(C)nc2c1c(N1CCOCC1)cc(=O)n2CC. The van der Waals surface area contributed by atoms with Crippen LogP contribution in [0.5, 0.6) is 0 Å². The number of morpholine rings is 1. The molecule has 0 radical (unpaired) electrons. The lowest BCUT2D eigenvalue weighted by molar-refractivity contribution is 0.0528. The normalized spacial score (nSPS) is 14.8. The first-order valence-corrected chi connectivity index (χ1v) is 8.61. The molecule has 0 bridgehead atoms. The van der Waals surface area contributed by atoms with Crippen molar-refractivity contribution in [3.63, 3.8) is 0 Å². The number of fused-ring (bicyclic) bond motifs is 1. The average Bonchev–Trinajstić information content (AvgIpc) is 2.61. The van der Waals surface area contributed by atoms with E-state index in [9.17, 15) is 9.59 Å². The molecule has 0 aliphatic carbocycles. The number of pyridine rings is 2. The standard InChI is InChI=1S/C18H23N3O4/c1-4-21-15(22)11-14(20-6-8-24-9-7-20)16-13(18(23)25-5-2)10-12(3)19-17(16)21/h10-11H,4-9H2,1-3H3. The Kier molecular flexibility index (Phi) is 5.03. The van der Waals surface area contributed by atoms with E-state index < -0.39 is 5.97 Å². The third-order valence-electron chi connectivity index (χ3n) is 4.33. The van der Waals surface area contributed by atoms with Gasteiger partial charge in [-0.25, -0.2) is 9.78 Å². The molecule has 0 spiro atoms. The van der Waals surface area contributed by atoms with Crippen LogP contribution in [-0.2, 0) is 16.0 Å². The lowest BCUT2D eigenvalue weighted by atomic mass is 10.1. The van der Waals surface area contributed by atoms with Gasteiger partial charge < -0.3 is 14.4 Å². The number of carbonyl (C=O) groups is 1. The zero-order chi connectivity index (χ0) is 18.0. The van der Waals surface area contributed by atoms with Gasteiger partial charge in [0.2, 0.25) is 0 Å². The summed E-state index contributed by atoms with van der Waals surface area (Å²) in [4.78, 5) is 31.8. The first kappa shape index (κ1) is 17.4. The van der Waals surface area contributed by atoms with Crippen molar-refractivity contribution >= 4 is 22.7 Å². The molecule has 1 aliphatic heterocycles. The fourth-order valence-corrected chi connectivity index (χ4v) is 3.21. The second-order valence-electron chi connectivity index (χ2n) is 5.94. The maximum absolute atomic E-state index is 12.6. The molecule has 1 saturated heterocycles. The van der Waals surface area contributed by atoms with Crippen LogP contribution in [0, 0.1) is 6.92 Å². The van der Waals surface area contributed by atoms with E-state index in [0.29, 0.717) is 61.7 Å². The summed E-state index contributed by atoms with van der Waals surface area (Å²) >= 11 is 0. The van der Waals surface area contributed by atoms with Crippen molar-refractivity contribution < 1.29 is 14.3 Å². The van der Waals surface area contributed by atoms with Gasteiger partial charge in [0.1, 0.15) is 5.65 Å². The Balaban J connectivity index is 2.34. The van der Waals surface area contributed by atoms with Crippen LogP contribution in [0.1, 0.15) is 29.9 Å². The van der Waals surface area contributed by atoms with Gasteiger partial charge in [0.25, 0.3) is 5.56 Å². The Morgan fingerprint density at radius 1 is 1.28 bits per heavy atom. The third kappa shape index (κ3) is 3.24. The van der Waals surface area contributed by atoms with Gasteiger partial charge in [-0.15, -0.1) is 0 Å². The first-order chi connectivity index (χ1) is 12.1. The van der Waals surface area contributed by atoms with Crippen LogP contribution in [-0.4, -0.2) is 48.4 Å². The van der Waals surface area contributed by atoms with Crippen LogP contribution in [0.2, 0.25) is 0 Å². The molecule has 2 aromatic heterocycles. The van der Waals surface area contributed by atoms with Crippen LogP contribution in [0.15, 0.2) is 16.9 Å². The number of anilines is 1. The highest BCUT2D eigenvalue weighted by Gasteiger charge is 2.23. The second kappa shape index (κ2) is 7.23. The van der Waals surface area contributed by atoms with E-state index in [1.807, 2.05) is 13.8 Å². The maximum Gasteiger partial charge on any atom is 0.339 e. The summed E-state index contributed by atoms with van der Waals surface area (Å²) in [6.07, 6.45) is 0. The number of esters is 1. The summed E-state index contributed by atoms with van der Waals surface area (Å²) in [6, 6.07) is 3.33. The average molecular weight is 345 g/mol. The Morgan fingerprint density at radius 3 is 2.64 bits per heavy atom. The van der Waals surface area contributed by atoms with Crippen molar-refractivity contribution in [2.75, 3.05) is 37.8 Å². The van der Waals surface area contributed by atoms with Gasteiger partial charge in [-0.2, -0.15) is 0 Å². The van der Waals surface area contributed by atoms with E-state index in [2.05, 4.69) is 9.88 Å². The van der Waals surface area contributed by atoms with Gasteiger partial charge in [-0.1, -0.05) is 0 Å². The highest BCUT2D eigenvalue weighted by Crippen LogP contribution is 2.29. The molecular formula is C18H23N3O4. The van der Waals surface area contributed by atoms with E-state index in [0.717, 1.165) is 5.69 Å². The van der Waals surface area contributed by atoms with Gasteiger partial charge in [0.15, 0.2) is 0 Å². The number of nitrogens with zero attached hydrogens (tertiary/aromatic N) is 3. The van der Waals surface area contributed by atoms with Gasteiger partial charge in [-0.05, 0) is 26.8 Å². The second-order valence-corrected chi connectivity index (χ2v) is 5.94. The molecule has 134 valence electrons. The zero-order valence-corrected chi connectivity index (χ0v) is 14.9. The molecule has 25 heavy (non-hydrogen) atoms. The fourth-order valence-electron chi connectivity index (χ4n) is 3.21. The number of aryl methyl sites for hydroxylation is 2. The monoisotopic (exact) mass is 345 g/mol. The number of hydrogen-bond acceptors (Lipinski definition) is 6. The zero-order valence-electron chi connectivity index (χ0n) is 14.9. The minimum Gasteiger partial charge on any atom is -0.462 e. The third-order valence-corrected chi connectivity index (χ3v) is 4.33. The summed E-state index contributed by atoms with van der Waals surface area (Å²) in [5.74, 6) is -0.395. The molecule has 1 fully saturated rings. The smallest absolute Gasteiger partial charge is 0.339 e. The van der Waals surface area contributed by atoms with Crippen LogP contribution < -0.4 is 10.5 Å². The van der Waals surface area contributed by atoms with Crippen LogP contribution >= 0.6 is 0 Å². The van der Waals surface area contributed by atoms with Crippen molar-refractivity contribution in [2.24, 2.45) is 0 Å². The van der Waals surface area contributed by atoms with Crippen LogP contribution in [0.4, 0.5) is 5.69 Å². The summed E-state index contributed by atoms with van der Waals surface area (Å²) in [7, 11) is 0. The molecule has 7 nitrogen and oxygen atoms in total. The number of hydrogen-bond donors (Lipinski definition) is 0. The van der Waals surface area contributed by atoms with Gasteiger partial charge >= 0.3 is 5.97 Å². The predicted octanol–water partition coefficient (Wildman–Crippen LogP) is 1.74. The minimum atomic E-state index is -0.395. The van der Waals surface area contributed by atoms with Gasteiger partial charge in [-0.3, -0.25) is 9.36 Å². The molecule has 0 atom stereocenters. The molecule has 0 unspecified atom stereocenters. The number of aromatic nitrogens is 2. The largest absolute Gasteiger partial charge is 0.462 e. The molecule has 0 aromatic carbocycles. The van der Waals surface area contributed by atoms with Crippen molar-refractivity contribution in [2.45, 2.75) is 27.3 Å². The molecule has 1 aliphatic rings. The minimum absolute atomic E-state index is 0.121. The van der Waals surface area contributed by atoms with Gasteiger partial charge in [0, 0.05) is 31.4 Å². The number of ether oxygens (including phenoxy) is 2. The summed E-state index contributed by atoms with van der Waals surface area (Å²) < 4.78 is 12.2. The first-order valence-electron chi connectivity index (χ1n) is 8.61. The Bertz CT molecular complexity index is 854. The summed E-state index contributed by atoms with van der Waals surface area (Å²) in [5.41, 5.74) is 2.26. The molecule has 3 rings (SSSR count). The quantitative estimate of drug-likeness (QED) is 0.786. The molecule has 0 saturated carbocycles. The Morgan fingerprint density at radius 2 is 2.00 bits per heavy atom. The molecule has 2 aromatic rings. The van der Waals surface area contributed by atoms with E-state index in [1.165, 1.54) is 0 Å². The Hall–Kier alpha value is -2.41. The molecular weight excluding hydrogens is 322 g/mol. The summed E-state index contributed by atoms with van der Waals surface area (Å²) in [6.45, 7) is 8.77. The predicted molar refractivity (Wildman–Crippen MR) is 95.4 cm³/mol. The van der Waals surface area contributed by atoms with Crippen molar-refractivity contribution in [1.82, 2.24) is 9.55 Å². The van der Waals surface area contributed by atoms with Gasteiger partial charge in [0.05, 0.1) is 36.5 Å². The van der Waals surface area contributed by atoms with E-state index in [-0.39, 0.29) is 5.56 Å². The molecule has 7 heteroatoms. The van der Waals surface area contributed by atoms with E-state index in [1.54, 1.807) is 23.6 Å². The van der Waals surface area contributed by atoms with Crippen molar-refractivity contribution in [3.8, 4) is 0 Å². The van der Waals surface area contributed by atoms with Crippen molar-refractivity contribution in [3.05, 3.63) is 33.7 Å². The van der Waals surface area contributed by atoms with Crippen LogP contribution in [0.3, 0.4) is 0 Å². The molecule has 0 N–H and O–H groups in total. The van der Waals surface area contributed by atoms with E-state index >= 15 is 0 Å². The number of carbonyl (C=O) groups excluding carboxylic acids is 1. The molecule has 0 amide bonds. The van der Waals surface area contributed by atoms with Crippen molar-refractivity contribution in [1.29, 1.82) is 0 Å². The fraction of sp³-hybridized carbons (Fsp3) is 0.500. The topological polar surface area (TPSA) is 73.7 Å². The lowest BCUT2D eigenvalue weighted by Crippen LogP contribution is -2.37. The highest BCUT2D eigenvalue weighted by molar-refractivity contribution is 6.08. The number of rotatable bonds is 4. The van der Waals surface area contributed by atoms with E-state index in [4.69, 9.17) is 9.47 Å². The van der Waals surface area contributed by atoms with Crippen LogP contribution in [0.25, 0.3) is 11.0 Å². The lowest BCUT2D eigenvalue weighted by Gasteiger charge is -2.30. The molecule has 3 heterocycles.